The van der Waals surface area contributed by atoms with Crippen LogP contribution in [0.25, 0.3) is 0 Å². The molecule has 2 atom stereocenters. The van der Waals surface area contributed by atoms with E-state index >= 15 is 0 Å². The molecule has 17 heavy (non-hydrogen) atoms. The first-order valence-corrected chi connectivity index (χ1v) is 6.64. The van der Waals surface area contributed by atoms with Crippen LogP contribution in [0.1, 0.15) is 40.0 Å². The van der Waals surface area contributed by atoms with Crippen LogP contribution < -0.4 is 5.32 Å². The Kier molecular flexibility index (Phi) is 5.92. The Morgan fingerprint density at radius 3 is 2.76 bits per heavy atom. The number of carbonyl (C=O) groups excluding carboxylic acids is 1. The molecule has 4 nitrogen and oxygen atoms in total. The lowest BCUT2D eigenvalue weighted by atomic mass is 9.78. The van der Waals surface area contributed by atoms with Gasteiger partial charge >= 0.3 is 5.97 Å². The first-order valence-electron chi connectivity index (χ1n) is 6.64. The van der Waals surface area contributed by atoms with Gasteiger partial charge in [-0.2, -0.15) is 0 Å². The highest BCUT2D eigenvalue weighted by atomic mass is 16.6. The molecule has 0 aromatic heterocycles. The number of hydrogen-bond donors (Lipinski definition) is 1. The number of carbonyl (C=O) groups is 1. The minimum Gasteiger partial charge on any atom is -0.460 e. The van der Waals surface area contributed by atoms with Crippen molar-refractivity contribution in [3.05, 3.63) is 0 Å². The Bertz CT molecular complexity index is 237. The first kappa shape index (κ1) is 14.5. The SMILES string of the molecule is CCOCC(C)OC(=O)C1(CC)CCCNC1. The number of nitrogens with one attached hydrogen (secondary N) is 1. The Morgan fingerprint density at radius 1 is 1.47 bits per heavy atom. The van der Waals surface area contributed by atoms with Crippen LogP contribution in [-0.4, -0.2) is 38.4 Å². The third kappa shape index (κ3) is 3.96. The molecule has 1 rings (SSSR count). The van der Waals surface area contributed by atoms with Crippen LogP contribution in [0.15, 0.2) is 0 Å². The first-order chi connectivity index (χ1) is 8.14. The molecule has 1 heterocycles. The van der Waals surface area contributed by atoms with Crippen molar-refractivity contribution in [2.75, 3.05) is 26.3 Å². The van der Waals surface area contributed by atoms with E-state index in [2.05, 4.69) is 12.2 Å². The standard InChI is InChI=1S/C13H25NO3/c1-4-13(7-6-8-14-10-13)12(15)17-11(3)9-16-5-2/h11,14H,4-10H2,1-3H3. The maximum Gasteiger partial charge on any atom is 0.313 e. The molecule has 0 bridgehead atoms. The molecule has 0 aliphatic carbocycles. The summed E-state index contributed by atoms with van der Waals surface area (Å²) >= 11 is 0. The van der Waals surface area contributed by atoms with Gasteiger partial charge in [0.15, 0.2) is 0 Å². The molecule has 1 saturated heterocycles. The fourth-order valence-corrected chi connectivity index (χ4v) is 2.21. The number of ether oxygens (including phenoxy) is 2. The quantitative estimate of drug-likeness (QED) is 0.722. The normalized spacial score (nSPS) is 26.5. The molecule has 0 saturated carbocycles. The van der Waals surface area contributed by atoms with Gasteiger partial charge in [0.05, 0.1) is 12.0 Å². The average molecular weight is 243 g/mol. The van der Waals surface area contributed by atoms with Crippen molar-refractivity contribution >= 4 is 5.97 Å². The second kappa shape index (κ2) is 6.97. The number of hydrogen-bond acceptors (Lipinski definition) is 4. The van der Waals surface area contributed by atoms with E-state index in [4.69, 9.17) is 9.47 Å². The molecule has 0 spiro atoms. The summed E-state index contributed by atoms with van der Waals surface area (Å²) in [5.41, 5.74) is -0.321. The Labute approximate surface area is 104 Å². The minimum absolute atomic E-state index is 0.0700. The van der Waals surface area contributed by atoms with Crippen molar-refractivity contribution in [2.24, 2.45) is 5.41 Å². The van der Waals surface area contributed by atoms with Gasteiger partial charge in [-0.3, -0.25) is 4.79 Å². The smallest absolute Gasteiger partial charge is 0.313 e. The predicted octanol–water partition coefficient (Wildman–Crippen LogP) is 1.73. The summed E-state index contributed by atoms with van der Waals surface area (Å²) in [6, 6.07) is 0. The number of piperidine rings is 1. The second-order valence-corrected chi connectivity index (χ2v) is 4.79. The van der Waals surface area contributed by atoms with Crippen LogP contribution in [0.3, 0.4) is 0 Å². The van der Waals surface area contributed by atoms with Crippen LogP contribution in [0.2, 0.25) is 0 Å². The maximum atomic E-state index is 12.2. The van der Waals surface area contributed by atoms with E-state index in [1.54, 1.807) is 0 Å². The zero-order chi connectivity index (χ0) is 12.7. The van der Waals surface area contributed by atoms with Gasteiger partial charge in [-0.05, 0) is 39.7 Å². The lowest BCUT2D eigenvalue weighted by Gasteiger charge is -2.35. The van der Waals surface area contributed by atoms with Crippen LogP contribution in [0, 0.1) is 5.41 Å². The third-order valence-corrected chi connectivity index (χ3v) is 3.45. The van der Waals surface area contributed by atoms with E-state index < -0.39 is 0 Å². The molecule has 4 heteroatoms. The summed E-state index contributed by atoms with van der Waals surface area (Å²) in [6.07, 6.45) is 2.65. The zero-order valence-corrected chi connectivity index (χ0v) is 11.3. The van der Waals surface area contributed by atoms with Gasteiger partial charge in [-0.15, -0.1) is 0 Å². The molecule has 0 aromatic rings. The minimum atomic E-state index is -0.321. The second-order valence-electron chi connectivity index (χ2n) is 4.79. The van der Waals surface area contributed by atoms with Crippen molar-refractivity contribution < 1.29 is 14.3 Å². The topological polar surface area (TPSA) is 47.6 Å². The van der Waals surface area contributed by atoms with Crippen molar-refractivity contribution in [3.63, 3.8) is 0 Å². The number of rotatable bonds is 6. The van der Waals surface area contributed by atoms with Gasteiger partial charge in [0.1, 0.15) is 6.10 Å². The fourth-order valence-electron chi connectivity index (χ4n) is 2.21. The van der Waals surface area contributed by atoms with Crippen LogP contribution in [0.5, 0.6) is 0 Å². The van der Waals surface area contributed by atoms with Crippen LogP contribution in [0.4, 0.5) is 0 Å². The van der Waals surface area contributed by atoms with E-state index in [0.717, 1.165) is 32.4 Å². The summed E-state index contributed by atoms with van der Waals surface area (Å²) in [4.78, 5) is 12.2. The van der Waals surface area contributed by atoms with E-state index in [0.29, 0.717) is 13.2 Å². The highest BCUT2D eigenvalue weighted by Gasteiger charge is 2.39. The van der Waals surface area contributed by atoms with Gasteiger partial charge in [0.2, 0.25) is 0 Å². The molecule has 1 aliphatic heterocycles. The Balaban J connectivity index is 2.48. The van der Waals surface area contributed by atoms with Crippen molar-refractivity contribution in [1.29, 1.82) is 0 Å². The van der Waals surface area contributed by atoms with Crippen molar-refractivity contribution in [3.8, 4) is 0 Å². The summed E-state index contributed by atoms with van der Waals surface area (Å²) in [6.45, 7) is 8.76. The van der Waals surface area contributed by atoms with E-state index in [9.17, 15) is 4.79 Å². The van der Waals surface area contributed by atoms with Gasteiger partial charge in [-0.1, -0.05) is 6.92 Å². The summed E-state index contributed by atoms with van der Waals surface area (Å²) in [5, 5.41) is 3.29. The van der Waals surface area contributed by atoms with Gasteiger partial charge < -0.3 is 14.8 Å². The molecule has 1 N–H and O–H groups in total. The summed E-state index contributed by atoms with van der Waals surface area (Å²) in [5.74, 6) is -0.0700. The predicted molar refractivity (Wildman–Crippen MR) is 66.9 cm³/mol. The van der Waals surface area contributed by atoms with Gasteiger partial charge in [-0.25, -0.2) is 0 Å². The van der Waals surface area contributed by atoms with E-state index in [-0.39, 0.29) is 17.5 Å². The lowest BCUT2D eigenvalue weighted by molar-refractivity contribution is -0.165. The summed E-state index contributed by atoms with van der Waals surface area (Å²) in [7, 11) is 0. The molecule has 2 unspecified atom stereocenters. The molecular formula is C13H25NO3. The highest BCUT2D eigenvalue weighted by molar-refractivity contribution is 5.77. The van der Waals surface area contributed by atoms with Crippen LogP contribution in [-0.2, 0) is 14.3 Å². The molecular weight excluding hydrogens is 218 g/mol. The maximum absolute atomic E-state index is 12.2. The van der Waals surface area contributed by atoms with Gasteiger partial charge in [0, 0.05) is 13.2 Å². The zero-order valence-electron chi connectivity index (χ0n) is 11.3. The molecule has 1 fully saturated rings. The lowest BCUT2D eigenvalue weighted by Crippen LogP contribution is -2.47. The molecule has 1 aliphatic rings. The molecule has 0 amide bonds. The van der Waals surface area contributed by atoms with Crippen LogP contribution >= 0.6 is 0 Å². The molecule has 0 radical (unpaired) electrons. The monoisotopic (exact) mass is 243 g/mol. The number of esters is 1. The van der Waals surface area contributed by atoms with E-state index in [1.807, 2.05) is 13.8 Å². The Morgan fingerprint density at radius 2 is 2.24 bits per heavy atom. The van der Waals surface area contributed by atoms with Crippen molar-refractivity contribution in [2.45, 2.75) is 46.1 Å². The average Bonchev–Trinajstić information content (AvgIpc) is 2.37. The molecule has 100 valence electrons. The largest absolute Gasteiger partial charge is 0.460 e. The summed E-state index contributed by atoms with van der Waals surface area (Å²) < 4.78 is 10.7. The van der Waals surface area contributed by atoms with E-state index in [1.165, 1.54) is 0 Å². The molecule has 0 aromatic carbocycles. The third-order valence-electron chi connectivity index (χ3n) is 3.45. The van der Waals surface area contributed by atoms with Crippen molar-refractivity contribution in [1.82, 2.24) is 5.32 Å². The fraction of sp³-hybridized carbons (Fsp3) is 0.923. The van der Waals surface area contributed by atoms with Gasteiger partial charge in [0.25, 0.3) is 0 Å². The highest BCUT2D eigenvalue weighted by Crippen LogP contribution is 2.31. The Hall–Kier alpha value is -0.610.